The minimum Gasteiger partial charge on any atom is -0.369 e. The van der Waals surface area contributed by atoms with Crippen LogP contribution in [0.4, 0.5) is 5.69 Å². The number of piperazine rings is 1. The number of carbonyl (C=O) groups is 1. The molecule has 0 saturated carbocycles. The third-order valence-corrected chi connectivity index (χ3v) is 11.8. The minimum atomic E-state index is -4.17. The molecule has 0 radical (unpaired) electrons. The highest BCUT2D eigenvalue weighted by Gasteiger charge is 2.56. The van der Waals surface area contributed by atoms with Gasteiger partial charge in [-0.1, -0.05) is 31.9 Å². The first-order valence-electron chi connectivity index (χ1n) is 12.5. The minimum absolute atomic E-state index is 0. The third-order valence-electron chi connectivity index (χ3n) is 7.28. The quantitative estimate of drug-likeness (QED) is 0.243. The summed E-state index contributed by atoms with van der Waals surface area (Å²) in [5.41, 5.74) is 3.83. The van der Waals surface area contributed by atoms with Gasteiger partial charge in [0.15, 0.2) is 4.75 Å². The second-order valence-corrected chi connectivity index (χ2v) is 14.0. The number of amides is 1. The fourth-order valence-corrected chi connectivity index (χ4v) is 8.12. The van der Waals surface area contributed by atoms with E-state index >= 15 is 0 Å². The van der Waals surface area contributed by atoms with E-state index in [0.29, 0.717) is 13.1 Å². The second-order valence-electron chi connectivity index (χ2n) is 9.64. The molecule has 212 valence electrons. The first-order valence-corrected chi connectivity index (χ1v) is 15.3. The number of hydrogen-bond acceptors (Lipinski definition) is 7. The van der Waals surface area contributed by atoms with Crippen LogP contribution >= 0.6 is 12.4 Å². The number of anilines is 1. The van der Waals surface area contributed by atoms with Crippen LogP contribution in [0.5, 0.6) is 0 Å². The number of rotatable bonds is 10. The van der Waals surface area contributed by atoms with Gasteiger partial charge in [-0.3, -0.25) is 10.0 Å². The number of hydroxylamine groups is 1. The van der Waals surface area contributed by atoms with Crippen LogP contribution in [-0.4, -0.2) is 99.0 Å². The van der Waals surface area contributed by atoms with E-state index in [1.54, 1.807) is 0 Å². The van der Waals surface area contributed by atoms with Crippen LogP contribution in [0, 0.1) is 0 Å². The monoisotopic (exact) mass is 581 g/mol. The van der Waals surface area contributed by atoms with E-state index in [-0.39, 0.29) is 51.4 Å². The molecule has 2 saturated heterocycles. The molecule has 2 aliphatic heterocycles. The predicted molar refractivity (Wildman–Crippen MR) is 146 cm³/mol. The van der Waals surface area contributed by atoms with E-state index in [4.69, 9.17) is 0 Å². The van der Waals surface area contributed by atoms with Crippen molar-refractivity contribution in [2.24, 2.45) is 0 Å². The van der Waals surface area contributed by atoms with E-state index in [1.807, 2.05) is 0 Å². The van der Waals surface area contributed by atoms with Crippen LogP contribution < -0.4 is 10.4 Å². The zero-order valence-electron chi connectivity index (χ0n) is 21.8. The third kappa shape index (κ3) is 6.57. The lowest BCUT2D eigenvalue weighted by Crippen LogP contribution is -2.64. The molecule has 0 aromatic heterocycles. The van der Waals surface area contributed by atoms with Gasteiger partial charge in [0, 0.05) is 59.1 Å². The number of nitrogens with zero attached hydrogens (tertiary/aromatic N) is 4. The SMILES string of the molecule is CCCCCc1ccc(N2CCN(S(=O)(=O)C3(C(=O)NO)CCN(S(=O)(=O)N(C)C)CC3)CC2)cc1.Cl. The zero-order valence-corrected chi connectivity index (χ0v) is 24.2. The summed E-state index contributed by atoms with van der Waals surface area (Å²) in [4.78, 5) is 14.8. The molecule has 37 heavy (non-hydrogen) atoms. The summed E-state index contributed by atoms with van der Waals surface area (Å²) in [6.07, 6.45) is 4.11. The highest BCUT2D eigenvalue weighted by Crippen LogP contribution is 2.35. The number of aryl methyl sites for hydroxylation is 1. The fourth-order valence-electron chi connectivity index (χ4n) is 4.90. The Bertz CT molecular complexity index is 1100. The number of benzene rings is 1. The maximum absolute atomic E-state index is 13.7. The lowest BCUT2D eigenvalue weighted by Gasteiger charge is -2.44. The van der Waals surface area contributed by atoms with Crippen LogP contribution in [-0.2, 0) is 31.4 Å². The van der Waals surface area contributed by atoms with E-state index < -0.39 is 30.9 Å². The number of halogens is 1. The van der Waals surface area contributed by atoms with E-state index in [0.717, 1.165) is 27.1 Å². The molecule has 2 aliphatic rings. The maximum atomic E-state index is 13.7. The summed E-state index contributed by atoms with van der Waals surface area (Å²) in [6, 6.07) is 8.36. The van der Waals surface area contributed by atoms with Gasteiger partial charge in [0.2, 0.25) is 10.0 Å². The number of hydrogen-bond donors (Lipinski definition) is 2. The molecule has 0 atom stereocenters. The van der Waals surface area contributed by atoms with Crippen molar-refractivity contribution < 1.29 is 26.8 Å². The van der Waals surface area contributed by atoms with Crippen molar-refractivity contribution in [1.82, 2.24) is 18.4 Å². The Morgan fingerprint density at radius 3 is 2.00 bits per heavy atom. The molecular formula is C23H40ClN5O6S2. The van der Waals surface area contributed by atoms with E-state index in [2.05, 4.69) is 36.1 Å². The Kier molecular flexibility index (Phi) is 11.2. The van der Waals surface area contributed by atoms with Gasteiger partial charge in [-0.2, -0.15) is 21.3 Å². The summed E-state index contributed by atoms with van der Waals surface area (Å²) in [7, 11) is -5.12. The van der Waals surface area contributed by atoms with E-state index in [9.17, 15) is 26.8 Å². The summed E-state index contributed by atoms with van der Waals surface area (Å²) in [5, 5.41) is 9.38. The molecule has 3 rings (SSSR count). The van der Waals surface area contributed by atoms with Gasteiger partial charge in [-0.15, -0.1) is 12.4 Å². The van der Waals surface area contributed by atoms with Crippen molar-refractivity contribution in [3.63, 3.8) is 0 Å². The van der Waals surface area contributed by atoms with Crippen molar-refractivity contribution in [2.45, 2.75) is 50.2 Å². The van der Waals surface area contributed by atoms with Crippen LogP contribution in [0.2, 0.25) is 0 Å². The number of nitrogens with one attached hydrogen (secondary N) is 1. The molecule has 0 aliphatic carbocycles. The molecule has 0 unspecified atom stereocenters. The molecule has 1 aromatic carbocycles. The average Bonchev–Trinajstić information content (AvgIpc) is 2.88. The van der Waals surface area contributed by atoms with Crippen molar-refractivity contribution >= 4 is 44.2 Å². The first kappa shape index (κ1) is 31.7. The Morgan fingerprint density at radius 2 is 1.51 bits per heavy atom. The molecule has 2 fully saturated rings. The number of carbonyl (C=O) groups excluding carboxylic acids is 1. The molecule has 1 aromatic rings. The van der Waals surface area contributed by atoms with Crippen LogP contribution in [0.25, 0.3) is 0 Å². The molecule has 2 heterocycles. The average molecular weight is 582 g/mol. The summed E-state index contributed by atoms with van der Waals surface area (Å²) < 4.78 is 54.0. The molecule has 14 heteroatoms. The largest absolute Gasteiger partial charge is 0.369 e. The second kappa shape index (κ2) is 13.0. The van der Waals surface area contributed by atoms with Crippen molar-refractivity contribution in [2.75, 3.05) is 58.3 Å². The summed E-state index contributed by atoms with van der Waals surface area (Å²) in [5.74, 6) is -1.02. The number of sulfonamides is 1. The normalized spacial score (nSPS) is 19.4. The van der Waals surface area contributed by atoms with Gasteiger partial charge in [0.05, 0.1) is 0 Å². The Hall–Kier alpha value is -1.48. The van der Waals surface area contributed by atoms with Gasteiger partial charge in [0.1, 0.15) is 0 Å². The molecule has 0 bridgehead atoms. The lowest BCUT2D eigenvalue weighted by molar-refractivity contribution is -0.133. The standard InChI is InChI=1S/C23H39N5O6S2.ClH/c1-4-5-6-7-20-8-10-21(11-9-20)26-16-18-27(19-17-26)35(31,32)23(22(29)24-30)12-14-28(15-13-23)36(33,34)25(2)3;/h8-11,30H,4-7,12-19H2,1-3H3,(H,24,29);1H. The molecule has 1 amide bonds. The van der Waals surface area contributed by atoms with Crippen LogP contribution in [0.1, 0.15) is 44.6 Å². The van der Waals surface area contributed by atoms with Gasteiger partial charge >= 0.3 is 0 Å². The predicted octanol–water partition coefficient (Wildman–Crippen LogP) is 1.44. The highest BCUT2D eigenvalue weighted by molar-refractivity contribution is 7.91. The van der Waals surface area contributed by atoms with Crippen molar-refractivity contribution in [1.29, 1.82) is 0 Å². The summed E-state index contributed by atoms with van der Waals surface area (Å²) >= 11 is 0. The van der Waals surface area contributed by atoms with Gasteiger partial charge < -0.3 is 4.90 Å². The lowest BCUT2D eigenvalue weighted by atomic mass is 9.96. The first-order chi connectivity index (χ1) is 17.0. The van der Waals surface area contributed by atoms with Crippen LogP contribution in [0.15, 0.2) is 24.3 Å². The molecule has 11 nitrogen and oxygen atoms in total. The van der Waals surface area contributed by atoms with E-state index in [1.165, 1.54) is 42.3 Å². The fraction of sp³-hybridized carbons (Fsp3) is 0.696. The molecular weight excluding hydrogens is 542 g/mol. The van der Waals surface area contributed by atoms with Crippen molar-refractivity contribution in [3.8, 4) is 0 Å². The van der Waals surface area contributed by atoms with Gasteiger partial charge in [-0.25, -0.2) is 13.9 Å². The van der Waals surface area contributed by atoms with Gasteiger partial charge in [0.25, 0.3) is 16.1 Å². The molecule has 2 N–H and O–H groups in total. The Morgan fingerprint density at radius 1 is 0.946 bits per heavy atom. The topological polar surface area (TPSA) is 131 Å². The number of piperidine rings is 1. The maximum Gasteiger partial charge on any atom is 0.281 e. The zero-order chi connectivity index (χ0) is 26.6. The van der Waals surface area contributed by atoms with Crippen molar-refractivity contribution in [3.05, 3.63) is 29.8 Å². The van der Waals surface area contributed by atoms with Gasteiger partial charge in [-0.05, 0) is 43.4 Å². The van der Waals surface area contributed by atoms with Crippen LogP contribution in [0.3, 0.4) is 0 Å². The smallest absolute Gasteiger partial charge is 0.281 e. The highest BCUT2D eigenvalue weighted by atomic mass is 35.5. The summed E-state index contributed by atoms with van der Waals surface area (Å²) in [6.45, 7) is 3.22. The number of unbranched alkanes of at least 4 members (excludes halogenated alkanes) is 2. The Labute approximate surface area is 227 Å². The Balaban J connectivity index is 0.00000481. The molecule has 0 spiro atoms.